The highest BCUT2D eigenvalue weighted by atomic mass is 19.1. The van der Waals surface area contributed by atoms with Crippen LogP contribution in [0.4, 0.5) is 10.3 Å². The summed E-state index contributed by atoms with van der Waals surface area (Å²) in [5.74, 6) is 0.519. The highest BCUT2D eigenvalue weighted by molar-refractivity contribution is 5.83. The number of nitrogens with one attached hydrogen (secondary N) is 3. The summed E-state index contributed by atoms with van der Waals surface area (Å²) < 4.78 is 25.9. The number of benzene rings is 2. The molecular formula is C32H35FN6O3. The molecule has 2 aromatic heterocycles. The van der Waals surface area contributed by atoms with Crippen LogP contribution in [-0.4, -0.2) is 45.1 Å². The Hall–Kier alpha value is -4.15. The monoisotopic (exact) mass is 570 g/mol. The summed E-state index contributed by atoms with van der Waals surface area (Å²) in [6, 6.07) is 18.1. The second kappa shape index (κ2) is 12.4. The van der Waals surface area contributed by atoms with Crippen molar-refractivity contribution in [2.75, 3.05) is 18.5 Å². The highest BCUT2D eigenvalue weighted by Crippen LogP contribution is 2.36. The molecule has 1 saturated carbocycles. The lowest BCUT2D eigenvalue weighted by molar-refractivity contribution is -0.231. The Morgan fingerprint density at radius 3 is 2.48 bits per heavy atom. The first-order valence-electron chi connectivity index (χ1n) is 14.5. The van der Waals surface area contributed by atoms with E-state index in [9.17, 15) is 9.18 Å². The normalized spacial score (nSPS) is 21.1. The number of rotatable bonds is 8. The van der Waals surface area contributed by atoms with E-state index in [0.29, 0.717) is 41.0 Å². The molecule has 4 aromatic rings. The molecule has 10 heteroatoms. The molecule has 1 amide bonds. The number of ether oxygens (including phenoxy) is 2. The van der Waals surface area contributed by atoms with Crippen molar-refractivity contribution in [2.45, 2.75) is 57.9 Å². The molecule has 1 aliphatic carbocycles. The summed E-state index contributed by atoms with van der Waals surface area (Å²) >= 11 is 0. The predicted octanol–water partition coefficient (Wildman–Crippen LogP) is 5.79. The average Bonchev–Trinajstić information content (AvgIpc) is 3.47. The van der Waals surface area contributed by atoms with Gasteiger partial charge in [0.05, 0.1) is 35.7 Å². The van der Waals surface area contributed by atoms with Crippen molar-refractivity contribution in [3.63, 3.8) is 0 Å². The second-order valence-corrected chi connectivity index (χ2v) is 11.3. The quantitative estimate of drug-likeness (QED) is 0.246. The van der Waals surface area contributed by atoms with Crippen LogP contribution < -0.4 is 10.6 Å². The Morgan fingerprint density at radius 1 is 1.00 bits per heavy atom. The number of aromatic nitrogens is 4. The molecule has 3 heterocycles. The number of amides is 1. The van der Waals surface area contributed by atoms with Crippen LogP contribution in [0.25, 0.3) is 22.6 Å². The highest BCUT2D eigenvalue weighted by Gasteiger charge is 2.41. The molecule has 3 N–H and O–H groups in total. The van der Waals surface area contributed by atoms with Crippen LogP contribution in [0, 0.1) is 11.2 Å². The van der Waals surface area contributed by atoms with E-state index >= 15 is 0 Å². The van der Waals surface area contributed by atoms with Gasteiger partial charge in [-0.05, 0) is 55.7 Å². The topological polar surface area (TPSA) is 114 Å². The van der Waals surface area contributed by atoms with Crippen LogP contribution in [0.3, 0.4) is 0 Å². The maximum atomic E-state index is 13.8. The van der Waals surface area contributed by atoms with Crippen molar-refractivity contribution < 1.29 is 18.7 Å². The number of nitrogens with zero attached hydrogens (tertiary/aromatic N) is 3. The number of anilines is 1. The van der Waals surface area contributed by atoms with Gasteiger partial charge in [0.1, 0.15) is 5.82 Å². The Balaban J connectivity index is 1.22. The van der Waals surface area contributed by atoms with Crippen molar-refractivity contribution in [3.8, 4) is 22.6 Å². The van der Waals surface area contributed by atoms with Crippen LogP contribution in [-0.2, 0) is 20.8 Å². The maximum absolute atomic E-state index is 13.8. The molecule has 6 rings (SSSR count). The van der Waals surface area contributed by atoms with Crippen molar-refractivity contribution in [1.29, 1.82) is 0 Å². The summed E-state index contributed by atoms with van der Waals surface area (Å²) in [4.78, 5) is 30.3. The van der Waals surface area contributed by atoms with Gasteiger partial charge in [0.25, 0.3) is 0 Å². The molecule has 0 spiro atoms. The summed E-state index contributed by atoms with van der Waals surface area (Å²) in [5, 5.41) is 6.46. The molecule has 2 aliphatic rings. The third kappa shape index (κ3) is 6.34. The van der Waals surface area contributed by atoms with Crippen LogP contribution in [0.2, 0.25) is 0 Å². The van der Waals surface area contributed by atoms with E-state index in [0.717, 1.165) is 31.2 Å². The van der Waals surface area contributed by atoms with Gasteiger partial charge in [0, 0.05) is 24.3 Å². The van der Waals surface area contributed by atoms with E-state index in [2.05, 4.69) is 20.6 Å². The molecule has 2 fully saturated rings. The third-order valence-corrected chi connectivity index (χ3v) is 7.86. The molecule has 0 bridgehead atoms. The van der Waals surface area contributed by atoms with E-state index < -0.39 is 11.7 Å². The summed E-state index contributed by atoms with van der Waals surface area (Å²) in [7, 11) is 0. The second-order valence-electron chi connectivity index (χ2n) is 11.3. The lowest BCUT2D eigenvalue weighted by Gasteiger charge is -2.37. The number of hydrogen-bond donors (Lipinski definition) is 3. The fraction of sp³-hybridized carbons (Fsp3) is 0.375. The SMILES string of the molecule is CC1(C(=O)NC2CCCCC2)COC(c2nc(-c3ccc(F)cc3)c(-c3ccnc(NCc4ccccc4)n3)[nH]2)OC1. The largest absolute Gasteiger partial charge is 0.353 e. The minimum Gasteiger partial charge on any atom is -0.353 e. The minimum absolute atomic E-state index is 0.0449. The average molecular weight is 571 g/mol. The molecule has 0 radical (unpaired) electrons. The molecule has 1 saturated heterocycles. The zero-order chi connectivity index (χ0) is 28.9. The van der Waals surface area contributed by atoms with Crippen molar-refractivity contribution in [1.82, 2.24) is 25.3 Å². The van der Waals surface area contributed by atoms with Gasteiger partial charge in [-0.1, -0.05) is 49.6 Å². The zero-order valence-electron chi connectivity index (χ0n) is 23.6. The zero-order valence-corrected chi connectivity index (χ0v) is 23.6. The lowest BCUT2D eigenvalue weighted by Crippen LogP contribution is -2.51. The van der Waals surface area contributed by atoms with Crippen molar-refractivity contribution >= 4 is 11.9 Å². The summed E-state index contributed by atoms with van der Waals surface area (Å²) in [6.45, 7) is 2.82. The van der Waals surface area contributed by atoms with E-state index in [4.69, 9.17) is 19.4 Å². The predicted molar refractivity (Wildman–Crippen MR) is 157 cm³/mol. The van der Waals surface area contributed by atoms with Gasteiger partial charge in [-0.15, -0.1) is 0 Å². The molecule has 2 aromatic carbocycles. The van der Waals surface area contributed by atoms with Gasteiger partial charge in [-0.3, -0.25) is 4.79 Å². The standard InChI is InChI=1S/C32H35FN6O3/c1-32(30(40)36-24-10-6-3-7-11-24)19-41-29(42-20-32)28-38-26(22-12-14-23(33)15-13-22)27(39-28)25-16-17-34-31(37-25)35-18-21-8-4-2-5-9-21/h2,4-5,8-9,12-17,24,29H,3,6-7,10-11,18-20H2,1H3,(H,36,40)(H,38,39)(H,34,35,37). The number of carbonyl (C=O) groups excluding carboxylic acids is 1. The molecular weight excluding hydrogens is 535 g/mol. The minimum atomic E-state index is -0.800. The van der Waals surface area contributed by atoms with Gasteiger partial charge in [-0.25, -0.2) is 19.3 Å². The molecule has 42 heavy (non-hydrogen) atoms. The first kappa shape index (κ1) is 28.0. The van der Waals surface area contributed by atoms with Crippen molar-refractivity contribution in [2.24, 2.45) is 5.41 Å². The first-order chi connectivity index (χ1) is 20.5. The van der Waals surface area contributed by atoms with Gasteiger partial charge >= 0.3 is 0 Å². The number of carbonyl (C=O) groups is 1. The molecule has 218 valence electrons. The van der Waals surface area contributed by atoms with Crippen LogP contribution >= 0.6 is 0 Å². The number of hydrogen-bond acceptors (Lipinski definition) is 7. The Morgan fingerprint density at radius 2 is 1.74 bits per heavy atom. The third-order valence-electron chi connectivity index (χ3n) is 7.86. The van der Waals surface area contributed by atoms with E-state index in [1.54, 1.807) is 24.4 Å². The lowest BCUT2D eigenvalue weighted by atomic mass is 9.89. The Kier molecular flexibility index (Phi) is 8.25. The Labute approximate surface area is 244 Å². The molecule has 9 nitrogen and oxygen atoms in total. The number of imidazole rings is 1. The number of H-pyrrole nitrogens is 1. The maximum Gasteiger partial charge on any atom is 0.230 e. The summed E-state index contributed by atoms with van der Waals surface area (Å²) in [6.07, 6.45) is 6.42. The van der Waals surface area contributed by atoms with Gasteiger partial charge in [-0.2, -0.15) is 0 Å². The number of aromatic amines is 1. The van der Waals surface area contributed by atoms with Crippen LogP contribution in [0.15, 0.2) is 66.9 Å². The fourth-order valence-corrected chi connectivity index (χ4v) is 5.37. The fourth-order valence-electron chi connectivity index (χ4n) is 5.37. The van der Waals surface area contributed by atoms with E-state index in [-0.39, 0.29) is 31.0 Å². The first-order valence-corrected chi connectivity index (χ1v) is 14.5. The van der Waals surface area contributed by atoms with Crippen LogP contribution in [0.1, 0.15) is 56.7 Å². The van der Waals surface area contributed by atoms with Gasteiger partial charge in [0.15, 0.2) is 5.82 Å². The summed E-state index contributed by atoms with van der Waals surface area (Å²) in [5.41, 5.74) is 2.82. The van der Waals surface area contributed by atoms with E-state index in [1.165, 1.54) is 18.6 Å². The van der Waals surface area contributed by atoms with Crippen molar-refractivity contribution in [3.05, 3.63) is 84.1 Å². The van der Waals surface area contributed by atoms with Gasteiger partial charge in [0.2, 0.25) is 18.1 Å². The smallest absolute Gasteiger partial charge is 0.230 e. The van der Waals surface area contributed by atoms with E-state index in [1.807, 2.05) is 37.3 Å². The Bertz CT molecular complexity index is 1500. The molecule has 0 atom stereocenters. The van der Waals surface area contributed by atoms with Gasteiger partial charge < -0.3 is 25.1 Å². The van der Waals surface area contributed by atoms with Crippen LogP contribution in [0.5, 0.6) is 0 Å². The number of halogens is 1. The molecule has 1 aliphatic heterocycles. The molecule has 0 unspecified atom stereocenters.